The molecular formula is C5H3ClINO. The van der Waals surface area contributed by atoms with E-state index in [0.29, 0.717) is 5.02 Å². The zero-order valence-corrected chi connectivity index (χ0v) is 7.22. The van der Waals surface area contributed by atoms with Crippen LogP contribution >= 0.6 is 34.2 Å². The van der Waals surface area contributed by atoms with Crippen LogP contribution in [0.2, 0.25) is 5.02 Å². The highest BCUT2D eigenvalue weighted by molar-refractivity contribution is 14.1. The van der Waals surface area contributed by atoms with Gasteiger partial charge in [-0.1, -0.05) is 11.6 Å². The normalized spacial score (nSPS) is 9.56. The van der Waals surface area contributed by atoms with Crippen LogP contribution < -0.4 is 0 Å². The fourth-order valence-corrected chi connectivity index (χ4v) is 1.21. The number of hydrogen-bond donors (Lipinski definition) is 1. The van der Waals surface area contributed by atoms with E-state index >= 15 is 0 Å². The molecule has 0 spiro atoms. The third kappa shape index (κ3) is 1.69. The van der Waals surface area contributed by atoms with Crippen LogP contribution in [0.1, 0.15) is 0 Å². The Morgan fingerprint density at radius 1 is 1.67 bits per heavy atom. The molecule has 0 aliphatic rings. The monoisotopic (exact) mass is 255 g/mol. The molecule has 0 saturated heterocycles. The summed E-state index contributed by atoms with van der Waals surface area (Å²) in [5, 5.41) is 9.09. The molecule has 0 aliphatic carbocycles. The van der Waals surface area contributed by atoms with Gasteiger partial charge in [0.2, 0.25) is 5.88 Å². The van der Waals surface area contributed by atoms with Gasteiger partial charge in [-0.25, -0.2) is 4.98 Å². The highest BCUT2D eigenvalue weighted by atomic mass is 127. The minimum absolute atomic E-state index is 0.114. The molecule has 1 aromatic heterocycles. The van der Waals surface area contributed by atoms with Gasteiger partial charge < -0.3 is 5.11 Å². The molecule has 0 amide bonds. The zero-order chi connectivity index (χ0) is 6.85. The molecule has 48 valence electrons. The molecule has 0 radical (unpaired) electrons. The van der Waals surface area contributed by atoms with E-state index in [1.165, 1.54) is 0 Å². The highest BCUT2D eigenvalue weighted by Crippen LogP contribution is 2.20. The third-order valence-corrected chi connectivity index (χ3v) is 1.66. The summed E-state index contributed by atoms with van der Waals surface area (Å²) in [7, 11) is 0. The second-order valence-corrected chi connectivity index (χ2v) is 3.11. The van der Waals surface area contributed by atoms with Crippen LogP contribution in [0.25, 0.3) is 0 Å². The van der Waals surface area contributed by atoms with Crippen LogP contribution in [0.15, 0.2) is 12.3 Å². The predicted octanol–water partition coefficient (Wildman–Crippen LogP) is 2.05. The molecule has 0 unspecified atom stereocenters. The maximum atomic E-state index is 8.80. The average Bonchev–Trinajstić information content (AvgIpc) is 1.80. The van der Waals surface area contributed by atoms with Crippen molar-refractivity contribution in [3.05, 3.63) is 20.9 Å². The Balaban J connectivity index is 3.17. The summed E-state index contributed by atoms with van der Waals surface area (Å²) in [6.45, 7) is 0. The first-order valence-electron chi connectivity index (χ1n) is 2.20. The Labute approximate surface area is 71.0 Å². The maximum absolute atomic E-state index is 8.80. The van der Waals surface area contributed by atoms with Crippen LogP contribution in [0.4, 0.5) is 0 Å². The van der Waals surface area contributed by atoms with Gasteiger partial charge in [-0.3, -0.25) is 0 Å². The summed E-state index contributed by atoms with van der Waals surface area (Å²) in [6, 6.07) is 1.64. The number of hydrogen-bond acceptors (Lipinski definition) is 2. The van der Waals surface area contributed by atoms with Crippen LogP contribution in [0.5, 0.6) is 5.88 Å². The third-order valence-electron chi connectivity index (χ3n) is 0.788. The van der Waals surface area contributed by atoms with E-state index in [2.05, 4.69) is 27.6 Å². The van der Waals surface area contributed by atoms with Gasteiger partial charge in [0, 0.05) is 9.77 Å². The largest absolute Gasteiger partial charge is 0.492 e. The Morgan fingerprint density at radius 2 is 2.33 bits per heavy atom. The Morgan fingerprint density at radius 3 is 2.78 bits per heavy atom. The van der Waals surface area contributed by atoms with Gasteiger partial charge in [0.05, 0.1) is 0 Å². The molecule has 1 heterocycles. The fourth-order valence-electron chi connectivity index (χ4n) is 0.407. The summed E-state index contributed by atoms with van der Waals surface area (Å²) >= 11 is 7.56. The van der Waals surface area contributed by atoms with Crippen molar-refractivity contribution in [3.63, 3.8) is 0 Å². The minimum atomic E-state index is -0.114. The Hall–Kier alpha value is -0.0300. The molecule has 0 fully saturated rings. The molecule has 4 heteroatoms. The van der Waals surface area contributed by atoms with Crippen LogP contribution in [-0.4, -0.2) is 10.1 Å². The summed E-state index contributed by atoms with van der Waals surface area (Å²) < 4.78 is 0.912. The lowest BCUT2D eigenvalue weighted by Crippen LogP contribution is -1.76. The second-order valence-electron chi connectivity index (χ2n) is 1.46. The van der Waals surface area contributed by atoms with Gasteiger partial charge in [-0.15, -0.1) is 0 Å². The van der Waals surface area contributed by atoms with E-state index in [1.807, 2.05) is 0 Å². The van der Waals surface area contributed by atoms with Gasteiger partial charge in [-0.05, 0) is 28.7 Å². The van der Waals surface area contributed by atoms with Crippen molar-refractivity contribution in [2.24, 2.45) is 0 Å². The molecule has 0 bridgehead atoms. The van der Waals surface area contributed by atoms with Gasteiger partial charge >= 0.3 is 0 Å². The van der Waals surface area contributed by atoms with Crippen molar-refractivity contribution in [3.8, 4) is 5.88 Å². The standard InChI is InChI=1S/C5H3ClINO/c6-4-1-3(7)2-8-5(4)9/h1-2H,(H,8,9). The van der Waals surface area contributed by atoms with Crippen LogP contribution in [0, 0.1) is 3.57 Å². The number of aromatic hydroxyl groups is 1. The lowest BCUT2D eigenvalue weighted by Gasteiger charge is -1.92. The smallest absolute Gasteiger partial charge is 0.230 e. The maximum Gasteiger partial charge on any atom is 0.230 e. The van der Waals surface area contributed by atoms with Crippen molar-refractivity contribution in [1.29, 1.82) is 0 Å². The number of nitrogens with zero attached hydrogens (tertiary/aromatic N) is 1. The van der Waals surface area contributed by atoms with E-state index < -0.39 is 0 Å². The number of aromatic nitrogens is 1. The fraction of sp³-hybridized carbons (Fsp3) is 0. The molecule has 1 aromatic rings. The van der Waals surface area contributed by atoms with Gasteiger partial charge in [-0.2, -0.15) is 0 Å². The summed E-state index contributed by atoms with van der Waals surface area (Å²) in [6.07, 6.45) is 1.54. The first kappa shape index (κ1) is 7.08. The summed E-state index contributed by atoms with van der Waals surface area (Å²) in [5.74, 6) is -0.114. The van der Waals surface area contributed by atoms with E-state index in [1.54, 1.807) is 12.3 Å². The highest BCUT2D eigenvalue weighted by Gasteiger charge is 1.97. The lowest BCUT2D eigenvalue weighted by atomic mass is 10.5. The quantitative estimate of drug-likeness (QED) is 0.720. The summed E-state index contributed by atoms with van der Waals surface area (Å²) in [5.41, 5.74) is 0. The Bertz CT molecular complexity index is 228. The van der Waals surface area contributed by atoms with Gasteiger partial charge in [0.25, 0.3) is 0 Å². The van der Waals surface area contributed by atoms with Gasteiger partial charge in [0.1, 0.15) is 5.02 Å². The molecule has 1 N–H and O–H groups in total. The lowest BCUT2D eigenvalue weighted by molar-refractivity contribution is 0.453. The van der Waals surface area contributed by atoms with E-state index in [0.717, 1.165) is 3.57 Å². The molecule has 2 nitrogen and oxygen atoms in total. The second kappa shape index (κ2) is 2.70. The minimum Gasteiger partial charge on any atom is -0.492 e. The molecule has 0 aliphatic heterocycles. The first-order chi connectivity index (χ1) is 4.20. The number of rotatable bonds is 0. The molecule has 1 rings (SSSR count). The summed E-state index contributed by atoms with van der Waals surface area (Å²) in [4.78, 5) is 3.59. The van der Waals surface area contributed by atoms with E-state index in [4.69, 9.17) is 16.7 Å². The van der Waals surface area contributed by atoms with Crippen molar-refractivity contribution >= 4 is 34.2 Å². The van der Waals surface area contributed by atoms with Gasteiger partial charge in [0.15, 0.2) is 0 Å². The Kier molecular flexibility index (Phi) is 2.13. The average molecular weight is 255 g/mol. The molecule has 9 heavy (non-hydrogen) atoms. The SMILES string of the molecule is Oc1ncc(I)cc1Cl. The van der Waals surface area contributed by atoms with Crippen molar-refractivity contribution < 1.29 is 5.11 Å². The van der Waals surface area contributed by atoms with Crippen molar-refractivity contribution in [2.75, 3.05) is 0 Å². The zero-order valence-electron chi connectivity index (χ0n) is 4.31. The molecule has 0 aromatic carbocycles. The van der Waals surface area contributed by atoms with Crippen LogP contribution in [0.3, 0.4) is 0 Å². The number of pyridine rings is 1. The molecule has 0 saturated carbocycles. The topological polar surface area (TPSA) is 33.1 Å². The van der Waals surface area contributed by atoms with Crippen molar-refractivity contribution in [1.82, 2.24) is 4.98 Å². The van der Waals surface area contributed by atoms with Crippen LogP contribution in [-0.2, 0) is 0 Å². The van der Waals surface area contributed by atoms with E-state index in [9.17, 15) is 0 Å². The molecule has 0 atom stereocenters. The first-order valence-corrected chi connectivity index (χ1v) is 3.66. The molecular weight excluding hydrogens is 252 g/mol. The van der Waals surface area contributed by atoms with Crippen molar-refractivity contribution in [2.45, 2.75) is 0 Å². The predicted molar refractivity (Wildman–Crippen MR) is 43.6 cm³/mol. The van der Waals surface area contributed by atoms with E-state index in [-0.39, 0.29) is 5.88 Å². The number of halogens is 2.